The van der Waals surface area contributed by atoms with Gasteiger partial charge in [-0.3, -0.25) is 0 Å². The van der Waals surface area contributed by atoms with Crippen LogP contribution >= 0.6 is 0 Å². The molecule has 0 atom stereocenters. The first-order valence-electron chi connectivity index (χ1n) is 20.8. The van der Waals surface area contributed by atoms with Crippen molar-refractivity contribution >= 4 is 49.6 Å². The van der Waals surface area contributed by atoms with E-state index in [1.807, 2.05) is 12.1 Å². The maximum atomic E-state index is 6.45. The zero-order valence-electron chi connectivity index (χ0n) is 33.2. The number of para-hydroxylation sites is 5. The van der Waals surface area contributed by atoms with Crippen LogP contribution in [0.5, 0.6) is 11.5 Å². The molecule has 0 aliphatic carbocycles. The summed E-state index contributed by atoms with van der Waals surface area (Å²) in [6, 6.07) is 83.0. The highest BCUT2D eigenvalue weighted by Crippen LogP contribution is 2.49. The normalized spacial score (nSPS) is 11.7. The third kappa shape index (κ3) is 5.82. The number of aromatic nitrogens is 1. The summed E-state index contributed by atoms with van der Waals surface area (Å²) >= 11 is 0. The Morgan fingerprint density at radius 2 is 0.885 bits per heavy atom. The number of hydrogen-bond acceptors (Lipinski definition) is 2. The van der Waals surface area contributed by atoms with E-state index in [4.69, 9.17) is 4.74 Å². The molecular weight excluding hydrogens is 741 g/mol. The standard InChI is InChI=1S/C58H38N2O/c1-2-14-39(15-3-1)40-28-30-41(31-29-40)42-32-35-45(36-33-42)59(53-24-9-7-20-49(53)48-21-12-17-43-16-4-5-18-46(43)48)52-23-8-6-19-47(52)44-34-37-54-51(38-44)50-22-13-27-57-58(50)60(54)55-25-10-11-26-56(55)61-57/h1-38H. The molecule has 0 saturated heterocycles. The molecule has 0 fully saturated rings. The number of rotatable bonds is 7. The lowest BCUT2D eigenvalue weighted by Crippen LogP contribution is -2.12. The van der Waals surface area contributed by atoms with Gasteiger partial charge >= 0.3 is 0 Å². The van der Waals surface area contributed by atoms with Crippen LogP contribution in [-0.2, 0) is 0 Å². The second-order valence-corrected chi connectivity index (χ2v) is 15.7. The maximum absolute atomic E-state index is 6.45. The molecule has 286 valence electrons. The molecule has 1 aliphatic heterocycles. The van der Waals surface area contributed by atoms with Crippen molar-refractivity contribution in [3.8, 4) is 61.7 Å². The summed E-state index contributed by atoms with van der Waals surface area (Å²) in [5.41, 5.74) is 16.0. The smallest absolute Gasteiger partial charge is 0.152 e. The number of nitrogens with zero attached hydrogens (tertiary/aromatic N) is 2. The van der Waals surface area contributed by atoms with Gasteiger partial charge in [-0.2, -0.15) is 0 Å². The summed E-state index contributed by atoms with van der Waals surface area (Å²) < 4.78 is 8.81. The summed E-state index contributed by atoms with van der Waals surface area (Å²) in [4.78, 5) is 2.44. The fourth-order valence-corrected chi connectivity index (χ4v) is 9.35. The minimum absolute atomic E-state index is 0.866. The highest BCUT2D eigenvalue weighted by molar-refractivity contribution is 6.13. The van der Waals surface area contributed by atoms with Crippen molar-refractivity contribution < 1.29 is 4.74 Å². The van der Waals surface area contributed by atoms with Crippen LogP contribution in [-0.4, -0.2) is 4.57 Å². The van der Waals surface area contributed by atoms with Crippen molar-refractivity contribution in [1.82, 2.24) is 4.57 Å². The van der Waals surface area contributed by atoms with Crippen LogP contribution in [0.1, 0.15) is 0 Å². The number of benzene rings is 10. The Balaban J connectivity index is 1.03. The molecule has 3 nitrogen and oxygen atoms in total. The Hall–Kier alpha value is -8.14. The zero-order chi connectivity index (χ0) is 40.3. The van der Waals surface area contributed by atoms with Gasteiger partial charge < -0.3 is 14.2 Å². The second-order valence-electron chi connectivity index (χ2n) is 15.7. The number of hydrogen-bond donors (Lipinski definition) is 0. The molecule has 0 spiro atoms. The molecule has 1 aliphatic rings. The van der Waals surface area contributed by atoms with Gasteiger partial charge in [0.15, 0.2) is 11.5 Å². The van der Waals surface area contributed by atoms with E-state index >= 15 is 0 Å². The van der Waals surface area contributed by atoms with Crippen LogP contribution in [0.25, 0.3) is 82.8 Å². The minimum atomic E-state index is 0.866. The summed E-state index contributed by atoms with van der Waals surface area (Å²) in [6.07, 6.45) is 0. The fraction of sp³-hybridized carbons (Fsp3) is 0. The summed E-state index contributed by atoms with van der Waals surface area (Å²) in [7, 11) is 0. The first-order valence-corrected chi connectivity index (χ1v) is 20.8. The van der Waals surface area contributed by atoms with E-state index in [0.717, 1.165) is 62.0 Å². The molecule has 0 radical (unpaired) electrons. The van der Waals surface area contributed by atoms with Gasteiger partial charge in [0.1, 0.15) is 0 Å². The van der Waals surface area contributed by atoms with Crippen molar-refractivity contribution in [1.29, 1.82) is 0 Å². The summed E-state index contributed by atoms with van der Waals surface area (Å²) in [5, 5.41) is 4.81. The predicted molar refractivity (Wildman–Crippen MR) is 255 cm³/mol. The number of anilines is 3. The zero-order valence-corrected chi connectivity index (χ0v) is 33.2. The monoisotopic (exact) mass is 778 g/mol. The average Bonchev–Trinajstić information content (AvgIpc) is 3.67. The molecular formula is C58H38N2O. The molecule has 0 unspecified atom stereocenters. The second kappa shape index (κ2) is 14.3. The summed E-state index contributed by atoms with van der Waals surface area (Å²) in [5.74, 6) is 1.74. The van der Waals surface area contributed by atoms with Gasteiger partial charge in [0.05, 0.1) is 28.1 Å². The topological polar surface area (TPSA) is 17.4 Å². The van der Waals surface area contributed by atoms with E-state index in [0.29, 0.717) is 0 Å². The van der Waals surface area contributed by atoms with Gasteiger partial charge in [-0.15, -0.1) is 0 Å². The minimum Gasteiger partial charge on any atom is -0.453 e. The molecule has 2 heterocycles. The SMILES string of the molecule is c1ccc(-c2ccc(-c3ccc(N(c4ccccc4-c4ccc5c(c4)c4cccc6c4n5-c4ccccc4O6)c4ccccc4-c4cccc5ccccc45)cc3)cc2)cc1. The molecule has 0 bridgehead atoms. The average molecular weight is 779 g/mol. The lowest BCUT2D eigenvalue weighted by molar-refractivity contribution is 0.476. The van der Waals surface area contributed by atoms with Crippen LogP contribution in [0.15, 0.2) is 231 Å². The van der Waals surface area contributed by atoms with Crippen LogP contribution in [0, 0.1) is 0 Å². The van der Waals surface area contributed by atoms with Gasteiger partial charge in [-0.05, 0) is 98.8 Å². The predicted octanol–water partition coefficient (Wildman–Crippen LogP) is 16.2. The number of ether oxygens (including phenoxy) is 1. The Labute approximate surface area is 354 Å². The Bertz CT molecular complexity index is 3430. The lowest BCUT2D eigenvalue weighted by Gasteiger charge is -2.30. The first kappa shape index (κ1) is 34.9. The molecule has 0 saturated carbocycles. The molecule has 11 aromatic rings. The van der Waals surface area contributed by atoms with Gasteiger partial charge in [-0.25, -0.2) is 0 Å². The van der Waals surface area contributed by atoms with Gasteiger partial charge in [0.25, 0.3) is 0 Å². The molecule has 61 heavy (non-hydrogen) atoms. The van der Waals surface area contributed by atoms with E-state index in [1.54, 1.807) is 0 Å². The fourth-order valence-electron chi connectivity index (χ4n) is 9.35. The highest BCUT2D eigenvalue weighted by Gasteiger charge is 2.25. The van der Waals surface area contributed by atoms with Gasteiger partial charge in [0.2, 0.25) is 0 Å². The van der Waals surface area contributed by atoms with E-state index in [9.17, 15) is 0 Å². The molecule has 0 N–H and O–H groups in total. The Kier molecular flexibility index (Phi) is 8.17. The Morgan fingerprint density at radius 3 is 1.69 bits per heavy atom. The van der Waals surface area contributed by atoms with Crippen LogP contribution in [0.4, 0.5) is 17.1 Å². The van der Waals surface area contributed by atoms with Crippen LogP contribution in [0.3, 0.4) is 0 Å². The van der Waals surface area contributed by atoms with Crippen LogP contribution < -0.4 is 9.64 Å². The van der Waals surface area contributed by atoms with E-state index in [1.165, 1.54) is 49.4 Å². The van der Waals surface area contributed by atoms with Crippen molar-refractivity contribution in [3.05, 3.63) is 231 Å². The van der Waals surface area contributed by atoms with E-state index < -0.39 is 0 Å². The van der Waals surface area contributed by atoms with Crippen molar-refractivity contribution in [2.75, 3.05) is 4.90 Å². The molecule has 12 rings (SSSR count). The molecule has 10 aromatic carbocycles. The van der Waals surface area contributed by atoms with Crippen LogP contribution in [0.2, 0.25) is 0 Å². The maximum Gasteiger partial charge on any atom is 0.152 e. The lowest BCUT2D eigenvalue weighted by atomic mass is 9.95. The number of fused-ring (bicyclic) bond motifs is 6. The first-order chi connectivity index (χ1) is 30.3. The third-order valence-electron chi connectivity index (χ3n) is 12.2. The van der Waals surface area contributed by atoms with E-state index in [2.05, 4.69) is 228 Å². The molecule has 1 aromatic heterocycles. The third-order valence-corrected chi connectivity index (χ3v) is 12.2. The summed E-state index contributed by atoms with van der Waals surface area (Å²) in [6.45, 7) is 0. The largest absolute Gasteiger partial charge is 0.453 e. The van der Waals surface area contributed by atoms with Crippen molar-refractivity contribution in [3.63, 3.8) is 0 Å². The van der Waals surface area contributed by atoms with Gasteiger partial charge in [-0.1, -0.05) is 176 Å². The van der Waals surface area contributed by atoms with E-state index in [-0.39, 0.29) is 0 Å². The van der Waals surface area contributed by atoms with Gasteiger partial charge in [0, 0.05) is 27.6 Å². The highest BCUT2D eigenvalue weighted by atomic mass is 16.5. The molecule has 0 amide bonds. The quantitative estimate of drug-likeness (QED) is 0.160. The molecule has 3 heteroatoms. The van der Waals surface area contributed by atoms with Crippen molar-refractivity contribution in [2.45, 2.75) is 0 Å². The Morgan fingerprint density at radius 1 is 0.344 bits per heavy atom. The van der Waals surface area contributed by atoms with Crippen molar-refractivity contribution in [2.24, 2.45) is 0 Å².